The first-order valence-electron chi connectivity index (χ1n) is 10.4. The van der Waals surface area contributed by atoms with Crippen LogP contribution in [-0.2, 0) is 11.3 Å². The van der Waals surface area contributed by atoms with Crippen LogP contribution in [-0.4, -0.2) is 51.7 Å². The molecule has 3 aromatic rings. The van der Waals surface area contributed by atoms with Gasteiger partial charge >= 0.3 is 6.03 Å². The van der Waals surface area contributed by atoms with Gasteiger partial charge in [0, 0.05) is 45.0 Å². The van der Waals surface area contributed by atoms with E-state index in [0.717, 1.165) is 11.3 Å². The lowest BCUT2D eigenvalue weighted by Crippen LogP contribution is -2.34. The number of nitrogens with one attached hydrogen (secondary N) is 2. The van der Waals surface area contributed by atoms with Crippen molar-refractivity contribution in [2.45, 2.75) is 33.4 Å². The number of urea groups is 1. The molecule has 0 unspecified atom stereocenters. The summed E-state index contributed by atoms with van der Waals surface area (Å²) in [4.78, 5) is 32.1. The molecule has 0 atom stereocenters. The fraction of sp³-hybridized carbons (Fsp3) is 0.304. The highest BCUT2D eigenvalue weighted by Crippen LogP contribution is 2.17. The zero-order valence-corrected chi connectivity index (χ0v) is 19.0. The molecule has 9 nitrogen and oxygen atoms in total. The number of hydrogen-bond donors (Lipinski definition) is 2. The Labute approximate surface area is 188 Å². The molecular formula is C23H29N7O2. The van der Waals surface area contributed by atoms with Gasteiger partial charge in [-0.3, -0.25) is 4.79 Å². The maximum absolute atomic E-state index is 12.4. The molecule has 0 saturated heterocycles. The fourth-order valence-electron chi connectivity index (χ4n) is 3.15. The van der Waals surface area contributed by atoms with Gasteiger partial charge in [0.15, 0.2) is 0 Å². The van der Waals surface area contributed by atoms with E-state index >= 15 is 0 Å². The smallest absolute Gasteiger partial charge is 0.323 e. The Kier molecular flexibility index (Phi) is 7.09. The van der Waals surface area contributed by atoms with Crippen LogP contribution >= 0.6 is 0 Å². The van der Waals surface area contributed by atoms with Gasteiger partial charge in [-0.15, -0.1) is 5.10 Å². The SMILES string of the molecule is CC(=O)N(Cc1ccc(NC(=O)Nc2cccc(-n3cnc(N(C)C)n3)c2)cc1)C(C)C. The molecule has 1 heterocycles. The van der Waals surface area contributed by atoms with Gasteiger partial charge in [0.25, 0.3) is 0 Å². The normalized spacial score (nSPS) is 10.7. The van der Waals surface area contributed by atoms with Gasteiger partial charge in [-0.05, 0) is 49.7 Å². The van der Waals surface area contributed by atoms with Crippen molar-refractivity contribution in [2.75, 3.05) is 29.6 Å². The van der Waals surface area contributed by atoms with Gasteiger partial charge in [0.1, 0.15) is 6.33 Å². The van der Waals surface area contributed by atoms with Crippen molar-refractivity contribution in [1.29, 1.82) is 0 Å². The first-order chi connectivity index (χ1) is 15.2. The molecule has 0 fully saturated rings. The summed E-state index contributed by atoms with van der Waals surface area (Å²) >= 11 is 0. The maximum atomic E-state index is 12.4. The van der Waals surface area contributed by atoms with Gasteiger partial charge in [-0.2, -0.15) is 4.98 Å². The Hall–Kier alpha value is -3.88. The highest BCUT2D eigenvalue weighted by Gasteiger charge is 2.13. The minimum Gasteiger partial charge on any atom is -0.346 e. The summed E-state index contributed by atoms with van der Waals surface area (Å²) in [5, 5.41) is 10.1. The van der Waals surface area contributed by atoms with E-state index in [1.165, 1.54) is 0 Å². The average Bonchev–Trinajstić information content (AvgIpc) is 3.23. The summed E-state index contributed by atoms with van der Waals surface area (Å²) in [5.41, 5.74) is 3.08. The van der Waals surface area contributed by atoms with Gasteiger partial charge < -0.3 is 20.4 Å². The Morgan fingerprint density at radius 3 is 2.31 bits per heavy atom. The van der Waals surface area contributed by atoms with E-state index in [4.69, 9.17) is 0 Å². The van der Waals surface area contributed by atoms with Crippen LogP contribution in [0, 0.1) is 0 Å². The second-order valence-electron chi connectivity index (χ2n) is 7.95. The Morgan fingerprint density at radius 1 is 1.03 bits per heavy atom. The lowest BCUT2D eigenvalue weighted by molar-refractivity contribution is -0.131. The van der Waals surface area contributed by atoms with Crippen molar-refractivity contribution in [3.05, 3.63) is 60.4 Å². The highest BCUT2D eigenvalue weighted by molar-refractivity contribution is 5.99. The first kappa shape index (κ1) is 22.8. The first-order valence-corrected chi connectivity index (χ1v) is 10.4. The van der Waals surface area contributed by atoms with Crippen LogP contribution in [0.3, 0.4) is 0 Å². The molecule has 3 rings (SSSR count). The molecule has 32 heavy (non-hydrogen) atoms. The Bertz CT molecular complexity index is 1070. The second-order valence-corrected chi connectivity index (χ2v) is 7.95. The van der Waals surface area contributed by atoms with Gasteiger partial charge in [0.2, 0.25) is 11.9 Å². The molecule has 2 aromatic carbocycles. The van der Waals surface area contributed by atoms with Gasteiger partial charge in [-0.25, -0.2) is 9.48 Å². The number of carbonyl (C=O) groups is 2. The summed E-state index contributed by atoms with van der Waals surface area (Å²) < 4.78 is 1.65. The summed E-state index contributed by atoms with van der Waals surface area (Å²) in [6.45, 7) is 6.07. The highest BCUT2D eigenvalue weighted by atomic mass is 16.2. The monoisotopic (exact) mass is 435 g/mol. The van der Waals surface area contributed by atoms with Gasteiger partial charge in [-0.1, -0.05) is 18.2 Å². The van der Waals surface area contributed by atoms with Crippen molar-refractivity contribution in [1.82, 2.24) is 19.7 Å². The van der Waals surface area contributed by atoms with E-state index in [0.29, 0.717) is 23.9 Å². The van der Waals surface area contributed by atoms with Crippen molar-refractivity contribution < 1.29 is 9.59 Å². The summed E-state index contributed by atoms with van der Waals surface area (Å²) in [6, 6.07) is 14.6. The van der Waals surface area contributed by atoms with Crippen LogP contribution in [0.1, 0.15) is 26.3 Å². The number of hydrogen-bond acceptors (Lipinski definition) is 5. The van der Waals surface area contributed by atoms with Crippen molar-refractivity contribution in [2.24, 2.45) is 0 Å². The third-order valence-electron chi connectivity index (χ3n) is 4.84. The number of anilines is 3. The maximum Gasteiger partial charge on any atom is 0.323 e. The molecule has 0 aliphatic rings. The number of aromatic nitrogens is 3. The van der Waals surface area contributed by atoms with Crippen LogP contribution in [0.5, 0.6) is 0 Å². The molecule has 0 aliphatic carbocycles. The third kappa shape index (κ3) is 5.84. The zero-order valence-electron chi connectivity index (χ0n) is 19.0. The lowest BCUT2D eigenvalue weighted by atomic mass is 10.1. The molecule has 9 heteroatoms. The van der Waals surface area contributed by atoms with E-state index in [9.17, 15) is 9.59 Å². The van der Waals surface area contributed by atoms with E-state index in [1.807, 2.05) is 75.3 Å². The number of rotatable bonds is 7. The third-order valence-corrected chi connectivity index (χ3v) is 4.84. The van der Waals surface area contributed by atoms with E-state index in [-0.39, 0.29) is 18.0 Å². The van der Waals surface area contributed by atoms with E-state index in [2.05, 4.69) is 20.7 Å². The van der Waals surface area contributed by atoms with Crippen LogP contribution in [0.25, 0.3) is 5.69 Å². The van der Waals surface area contributed by atoms with E-state index < -0.39 is 0 Å². The summed E-state index contributed by atoms with van der Waals surface area (Å²) in [5.74, 6) is 0.636. The Balaban J connectivity index is 1.61. The van der Waals surface area contributed by atoms with Gasteiger partial charge in [0.05, 0.1) is 5.69 Å². The molecule has 2 N–H and O–H groups in total. The average molecular weight is 436 g/mol. The van der Waals surface area contributed by atoms with E-state index in [1.54, 1.807) is 28.9 Å². The predicted octanol–water partition coefficient (Wildman–Crippen LogP) is 3.73. The van der Waals surface area contributed by atoms with Crippen molar-refractivity contribution in [3.8, 4) is 5.69 Å². The molecule has 0 saturated carbocycles. The molecule has 1 aromatic heterocycles. The molecule has 0 spiro atoms. The largest absolute Gasteiger partial charge is 0.346 e. The number of amides is 3. The Morgan fingerprint density at radius 2 is 1.72 bits per heavy atom. The fourth-order valence-corrected chi connectivity index (χ4v) is 3.15. The quantitative estimate of drug-likeness (QED) is 0.590. The standard InChI is InChI=1S/C23H29N7O2/c1-16(2)29(17(3)31)14-18-9-11-19(12-10-18)25-23(32)26-20-7-6-8-21(13-20)30-15-24-22(27-30)28(4)5/h6-13,15-16H,14H2,1-5H3,(H2,25,26,32). The molecule has 0 aliphatic heterocycles. The number of nitrogens with zero attached hydrogens (tertiary/aromatic N) is 5. The van der Waals surface area contributed by atoms with Crippen LogP contribution < -0.4 is 15.5 Å². The predicted molar refractivity (Wildman–Crippen MR) is 126 cm³/mol. The van der Waals surface area contributed by atoms with Crippen molar-refractivity contribution >= 4 is 29.3 Å². The summed E-state index contributed by atoms with van der Waals surface area (Å²) in [6.07, 6.45) is 1.63. The minimum atomic E-state index is -0.352. The zero-order chi connectivity index (χ0) is 23.3. The molecule has 3 amide bonds. The van der Waals surface area contributed by atoms with Crippen LogP contribution in [0.15, 0.2) is 54.9 Å². The van der Waals surface area contributed by atoms with Crippen molar-refractivity contribution in [3.63, 3.8) is 0 Å². The molecule has 168 valence electrons. The number of benzene rings is 2. The lowest BCUT2D eigenvalue weighted by Gasteiger charge is -2.25. The summed E-state index contributed by atoms with van der Waals surface area (Å²) in [7, 11) is 3.75. The molecule has 0 bridgehead atoms. The molecule has 0 radical (unpaired) electrons. The van der Waals surface area contributed by atoms with Crippen LogP contribution in [0.4, 0.5) is 22.1 Å². The van der Waals surface area contributed by atoms with Crippen LogP contribution in [0.2, 0.25) is 0 Å². The number of carbonyl (C=O) groups excluding carboxylic acids is 2. The second kappa shape index (κ2) is 9.95. The minimum absolute atomic E-state index is 0.0349. The topological polar surface area (TPSA) is 95.4 Å². The molecular weight excluding hydrogens is 406 g/mol.